The number of carbonyl (C=O) groups excluding carboxylic acids is 1. The summed E-state index contributed by atoms with van der Waals surface area (Å²) in [5.41, 5.74) is 1.55. The average molecular weight is 489 g/mol. The highest BCUT2D eigenvalue weighted by molar-refractivity contribution is 6.16. The first kappa shape index (κ1) is 24.9. The van der Waals surface area contributed by atoms with Gasteiger partial charge in [-0.25, -0.2) is 9.97 Å². The molecule has 0 spiro atoms. The van der Waals surface area contributed by atoms with E-state index < -0.39 is 5.91 Å². The summed E-state index contributed by atoms with van der Waals surface area (Å²) in [7, 11) is 0. The van der Waals surface area contributed by atoms with Gasteiger partial charge in [0, 0.05) is 24.5 Å². The van der Waals surface area contributed by atoms with E-state index in [1.54, 1.807) is 67.9 Å². The summed E-state index contributed by atoms with van der Waals surface area (Å²) in [6.45, 7) is 1.80. The molecule has 0 bridgehead atoms. The van der Waals surface area contributed by atoms with E-state index in [1.165, 1.54) is 0 Å². The molecule has 0 aliphatic carbocycles. The predicted octanol–water partition coefficient (Wildman–Crippen LogP) is 6.66. The molecule has 2 N–H and O–H groups in total. The number of para-hydroxylation sites is 1. The fraction of sp³-hybridized carbons (Fsp3) is 0.103. The number of hydrogen-bond acceptors (Lipinski definition) is 7. The van der Waals surface area contributed by atoms with Crippen molar-refractivity contribution in [3.05, 3.63) is 114 Å². The Morgan fingerprint density at radius 3 is 2.54 bits per heavy atom. The highest BCUT2D eigenvalue weighted by Crippen LogP contribution is 2.38. The number of nitrogens with zero attached hydrogens (tertiary/aromatic N) is 5. The number of aryl methyl sites for hydroxylation is 1. The monoisotopic (exact) mass is 488 g/mol. The fourth-order valence-electron chi connectivity index (χ4n) is 3.75. The van der Waals surface area contributed by atoms with E-state index in [0.29, 0.717) is 46.4 Å². The van der Waals surface area contributed by atoms with Crippen molar-refractivity contribution < 1.29 is 9.90 Å². The van der Waals surface area contributed by atoms with Crippen molar-refractivity contribution in [3.8, 4) is 11.8 Å². The summed E-state index contributed by atoms with van der Waals surface area (Å²) < 4.78 is 0. The van der Waals surface area contributed by atoms with E-state index in [4.69, 9.17) is 0 Å². The van der Waals surface area contributed by atoms with Crippen LogP contribution in [-0.2, 0) is 6.42 Å². The Kier molecular flexibility index (Phi) is 8.09. The van der Waals surface area contributed by atoms with Gasteiger partial charge in [0.2, 0.25) is 0 Å². The number of aromatic nitrogens is 2. The molecule has 0 unspecified atom stereocenters. The molecule has 8 heteroatoms. The SMILES string of the molecule is C/C=C\C(C#N)=C(/CCc1ncccn1)N=Nc1cc2ccccc2c(C(=O)Nc2ccccc2)c1O. The number of amides is 1. The lowest BCUT2D eigenvalue weighted by molar-refractivity contribution is 0.102. The van der Waals surface area contributed by atoms with Gasteiger partial charge in [-0.05, 0) is 54.5 Å². The number of fused-ring (bicyclic) bond motifs is 1. The number of benzene rings is 3. The van der Waals surface area contributed by atoms with Crippen LogP contribution in [-0.4, -0.2) is 21.0 Å². The highest BCUT2D eigenvalue weighted by atomic mass is 16.3. The van der Waals surface area contributed by atoms with Crippen LogP contribution in [0.2, 0.25) is 0 Å². The third-order valence-corrected chi connectivity index (χ3v) is 5.51. The number of aromatic hydroxyl groups is 1. The van der Waals surface area contributed by atoms with E-state index in [9.17, 15) is 15.2 Å². The molecular weight excluding hydrogens is 464 g/mol. The predicted molar refractivity (Wildman–Crippen MR) is 142 cm³/mol. The van der Waals surface area contributed by atoms with Gasteiger partial charge in [-0.15, -0.1) is 5.11 Å². The summed E-state index contributed by atoms with van der Waals surface area (Å²) in [6, 6.07) is 21.8. The van der Waals surface area contributed by atoms with Gasteiger partial charge < -0.3 is 10.4 Å². The maximum atomic E-state index is 13.2. The molecule has 1 amide bonds. The molecule has 3 aromatic carbocycles. The fourth-order valence-corrected chi connectivity index (χ4v) is 3.75. The topological polar surface area (TPSA) is 124 Å². The summed E-state index contributed by atoms with van der Waals surface area (Å²) in [4.78, 5) is 21.7. The zero-order valence-corrected chi connectivity index (χ0v) is 20.2. The number of azo groups is 1. The average Bonchev–Trinajstić information content (AvgIpc) is 2.93. The third-order valence-electron chi connectivity index (χ3n) is 5.51. The number of phenols is 1. The number of allylic oxidation sites excluding steroid dienone is 4. The number of hydrogen-bond donors (Lipinski definition) is 2. The summed E-state index contributed by atoms with van der Waals surface area (Å²) >= 11 is 0. The second-order valence-electron chi connectivity index (χ2n) is 8.00. The highest BCUT2D eigenvalue weighted by Gasteiger charge is 2.20. The second kappa shape index (κ2) is 12.0. The molecule has 1 heterocycles. The zero-order valence-electron chi connectivity index (χ0n) is 20.2. The molecule has 0 atom stereocenters. The van der Waals surface area contributed by atoms with Crippen LogP contribution < -0.4 is 5.32 Å². The van der Waals surface area contributed by atoms with Crippen molar-refractivity contribution in [2.24, 2.45) is 10.2 Å². The van der Waals surface area contributed by atoms with Gasteiger partial charge in [0.25, 0.3) is 5.91 Å². The van der Waals surface area contributed by atoms with Crippen LogP contribution in [0.4, 0.5) is 11.4 Å². The minimum absolute atomic E-state index is 0.0908. The van der Waals surface area contributed by atoms with Crippen LogP contribution in [0.5, 0.6) is 5.75 Å². The quantitative estimate of drug-likeness (QED) is 0.163. The van der Waals surface area contributed by atoms with Crippen molar-refractivity contribution in [2.75, 3.05) is 5.32 Å². The number of nitriles is 1. The molecule has 182 valence electrons. The Hall–Kier alpha value is -5.16. The lowest BCUT2D eigenvalue weighted by atomic mass is 10.0. The normalized spacial score (nSPS) is 12.0. The van der Waals surface area contributed by atoms with E-state index in [2.05, 4.69) is 31.6 Å². The van der Waals surface area contributed by atoms with Gasteiger partial charge >= 0.3 is 0 Å². The van der Waals surface area contributed by atoms with Crippen molar-refractivity contribution in [1.29, 1.82) is 5.26 Å². The van der Waals surface area contributed by atoms with Gasteiger partial charge in [0.1, 0.15) is 17.6 Å². The van der Waals surface area contributed by atoms with Crippen molar-refractivity contribution in [1.82, 2.24) is 9.97 Å². The standard InChI is InChI=1S/C29H24N6O2/c1-2-9-21(19-30)24(14-15-26-31-16-8-17-32-26)34-35-25-18-20-10-6-7-13-23(20)27(28(25)36)29(37)33-22-11-4-3-5-12-22/h2-13,16-18,36H,14-15H2,1H3,(H,33,37)/b9-2-,24-21-,35-34?. The van der Waals surface area contributed by atoms with E-state index >= 15 is 0 Å². The Bertz CT molecular complexity index is 1540. The van der Waals surface area contributed by atoms with Crippen molar-refractivity contribution in [2.45, 2.75) is 19.8 Å². The number of carbonyl (C=O) groups is 1. The Balaban J connectivity index is 1.74. The molecule has 0 fully saturated rings. The molecular formula is C29H24N6O2. The smallest absolute Gasteiger partial charge is 0.260 e. The molecule has 4 rings (SSSR count). The minimum Gasteiger partial charge on any atom is -0.505 e. The molecule has 37 heavy (non-hydrogen) atoms. The van der Waals surface area contributed by atoms with Crippen LogP contribution in [0.1, 0.15) is 29.5 Å². The molecule has 8 nitrogen and oxygen atoms in total. The summed E-state index contributed by atoms with van der Waals surface area (Å²) in [6.07, 6.45) is 7.51. The Labute approximate surface area is 214 Å². The molecule has 1 aromatic heterocycles. The molecule has 0 aliphatic rings. The van der Waals surface area contributed by atoms with Crippen LogP contribution in [0.3, 0.4) is 0 Å². The first-order valence-corrected chi connectivity index (χ1v) is 11.7. The van der Waals surface area contributed by atoms with Crippen LogP contribution in [0, 0.1) is 11.3 Å². The van der Waals surface area contributed by atoms with Crippen LogP contribution >= 0.6 is 0 Å². The third kappa shape index (κ3) is 6.10. The lowest BCUT2D eigenvalue weighted by Gasteiger charge is -2.12. The first-order chi connectivity index (χ1) is 18.1. The van der Waals surface area contributed by atoms with E-state index in [1.807, 2.05) is 30.3 Å². The van der Waals surface area contributed by atoms with Gasteiger partial charge in [-0.2, -0.15) is 10.4 Å². The molecule has 4 aromatic rings. The van der Waals surface area contributed by atoms with Gasteiger partial charge in [-0.1, -0.05) is 48.5 Å². The molecule has 0 saturated carbocycles. The van der Waals surface area contributed by atoms with E-state index in [0.717, 1.165) is 0 Å². The zero-order chi connectivity index (χ0) is 26.0. The molecule has 0 saturated heterocycles. The van der Waals surface area contributed by atoms with Gasteiger partial charge in [0.15, 0.2) is 5.75 Å². The minimum atomic E-state index is -0.472. The summed E-state index contributed by atoms with van der Waals surface area (Å²) in [5.74, 6) is -0.159. The Morgan fingerprint density at radius 2 is 1.81 bits per heavy atom. The second-order valence-corrected chi connectivity index (χ2v) is 8.00. The summed E-state index contributed by atoms with van der Waals surface area (Å²) in [5, 5.41) is 33.5. The maximum Gasteiger partial charge on any atom is 0.260 e. The number of nitrogens with one attached hydrogen (secondary N) is 1. The molecule has 0 radical (unpaired) electrons. The van der Waals surface area contributed by atoms with Crippen molar-refractivity contribution in [3.63, 3.8) is 0 Å². The number of anilines is 1. The van der Waals surface area contributed by atoms with Gasteiger partial charge in [-0.3, -0.25) is 4.79 Å². The lowest BCUT2D eigenvalue weighted by Crippen LogP contribution is -2.12. The first-order valence-electron chi connectivity index (χ1n) is 11.7. The van der Waals surface area contributed by atoms with Crippen LogP contribution in [0.15, 0.2) is 113 Å². The number of rotatable bonds is 8. The Morgan fingerprint density at radius 1 is 1.08 bits per heavy atom. The number of phenolic OH excluding ortho intramolecular Hbond substituents is 1. The van der Waals surface area contributed by atoms with Crippen molar-refractivity contribution >= 4 is 28.1 Å². The van der Waals surface area contributed by atoms with Crippen LogP contribution in [0.25, 0.3) is 10.8 Å². The van der Waals surface area contributed by atoms with E-state index in [-0.39, 0.29) is 17.0 Å². The van der Waals surface area contributed by atoms with Gasteiger partial charge in [0.05, 0.1) is 16.8 Å². The molecule has 0 aliphatic heterocycles. The largest absolute Gasteiger partial charge is 0.505 e. The maximum absolute atomic E-state index is 13.2.